The molecule has 0 atom stereocenters. The molecule has 0 N–H and O–H groups in total. The number of rotatable bonds is 3. The second-order valence-corrected chi connectivity index (χ2v) is 4.59. The van der Waals surface area contributed by atoms with Gasteiger partial charge in [0.15, 0.2) is 0 Å². The van der Waals surface area contributed by atoms with Gasteiger partial charge in [0, 0.05) is 53.9 Å². The van der Waals surface area contributed by atoms with Crippen LogP contribution in [0.15, 0.2) is 73.6 Å². The van der Waals surface area contributed by atoms with E-state index in [1.165, 1.54) is 55.4 Å². The van der Waals surface area contributed by atoms with E-state index in [9.17, 15) is 29.7 Å². The minimum Gasteiger partial charge on any atom is -0.545 e. The minimum atomic E-state index is -1.19. The Hall–Kier alpha value is -2.56. The molecule has 0 aliphatic heterocycles. The summed E-state index contributed by atoms with van der Waals surface area (Å²) in [5.74, 6) is -3.57. The third-order valence-electron chi connectivity index (χ3n) is 2.69. The average molecular weight is 518 g/mol. The number of carboxylic acids is 3. The fourth-order valence-electron chi connectivity index (χ4n) is 1.45. The molecular weight excluding hydrogens is 506 g/mol. The molecule has 3 aromatic rings. The molecule has 0 aromatic carbocycles. The number of aromatic nitrogens is 3. The predicted molar refractivity (Wildman–Crippen MR) is 85.7 cm³/mol. The first-order valence-electron chi connectivity index (χ1n) is 7.26. The second-order valence-electron chi connectivity index (χ2n) is 4.59. The molecule has 9 nitrogen and oxygen atoms in total. The van der Waals surface area contributed by atoms with Gasteiger partial charge in [-0.1, -0.05) is 18.2 Å². The monoisotopic (exact) mass is 519 g/mol. The zero-order chi connectivity index (χ0) is 20.1. The van der Waals surface area contributed by atoms with Crippen molar-refractivity contribution in [1.29, 1.82) is 0 Å². The van der Waals surface area contributed by atoms with Crippen LogP contribution in [0, 0.1) is 49.4 Å². The van der Waals surface area contributed by atoms with E-state index in [4.69, 9.17) is 0 Å². The van der Waals surface area contributed by atoms with Crippen molar-refractivity contribution in [1.82, 2.24) is 15.0 Å². The van der Waals surface area contributed by atoms with Gasteiger partial charge >= 0.3 is 49.4 Å². The van der Waals surface area contributed by atoms with Crippen LogP contribution in [0.2, 0.25) is 0 Å². The number of hydrogen-bond acceptors (Lipinski definition) is 9. The Morgan fingerprint density at radius 2 is 0.821 bits per heavy atom. The van der Waals surface area contributed by atoms with Gasteiger partial charge in [0.25, 0.3) is 0 Å². The molecule has 3 aromatic heterocycles. The Labute approximate surface area is 200 Å². The molecule has 0 saturated heterocycles. The van der Waals surface area contributed by atoms with Gasteiger partial charge in [-0.15, -0.1) is 0 Å². The van der Waals surface area contributed by atoms with Crippen LogP contribution >= 0.6 is 0 Å². The van der Waals surface area contributed by atoms with Gasteiger partial charge in [-0.3, -0.25) is 15.0 Å². The van der Waals surface area contributed by atoms with E-state index >= 15 is 0 Å². The molecule has 3 rings (SSSR count). The number of carbonyl (C=O) groups is 3. The molecule has 0 aliphatic carbocycles. The quantitative estimate of drug-likeness (QED) is 0.395. The number of nitrogens with zero attached hydrogens (tertiary/aromatic N) is 3. The summed E-state index contributed by atoms with van der Waals surface area (Å²) >= 11 is 0. The summed E-state index contributed by atoms with van der Waals surface area (Å²) in [6.45, 7) is 0. The van der Waals surface area contributed by atoms with Crippen molar-refractivity contribution in [3.8, 4) is 0 Å². The van der Waals surface area contributed by atoms with Crippen LogP contribution in [-0.2, 0) is 0 Å². The number of aromatic carboxylic acids is 3. The first kappa shape index (κ1) is 25.4. The zero-order valence-corrected chi connectivity index (χ0v) is 16.5. The Kier molecular flexibility index (Phi) is 13.2. The Morgan fingerprint density at radius 3 is 0.929 bits per heavy atom. The third-order valence-corrected chi connectivity index (χ3v) is 2.69. The number of carbonyl (C=O) groups excluding carboxylic acids is 3. The Balaban J connectivity index is 0.000000384. The summed E-state index contributed by atoms with van der Waals surface area (Å²) in [7, 11) is 0. The largest absolute Gasteiger partial charge is 3.00 e. The van der Waals surface area contributed by atoms with Crippen molar-refractivity contribution in [2.24, 2.45) is 0 Å². The van der Waals surface area contributed by atoms with E-state index in [0.29, 0.717) is 0 Å². The first-order chi connectivity index (χ1) is 12.9. The number of carboxylic acid groups (broad SMARTS) is 3. The summed E-state index contributed by atoms with van der Waals surface area (Å²) in [6, 6.07) is 8.94. The summed E-state index contributed by atoms with van der Waals surface area (Å²) in [6.07, 6.45) is 8.26. The van der Waals surface area contributed by atoms with Gasteiger partial charge in [-0.25, -0.2) is 0 Å². The van der Waals surface area contributed by atoms with Gasteiger partial charge in [-0.05, 0) is 18.2 Å². The Bertz CT molecular complexity index is 747. The summed E-state index contributed by atoms with van der Waals surface area (Å²) in [5, 5.41) is 30.1. The van der Waals surface area contributed by atoms with Crippen LogP contribution < -0.4 is 15.3 Å². The van der Waals surface area contributed by atoms with E-state index in [2.05, 4.69) is 15.0 Å². The van der Waals surface area contributed by atoms with Crippen molar-refractivity contribution >= 4 is 17.9 Å². The summed E-state index contributed by atoms with van der Waals surface area (Å²) in [5.41, 5.74) is 0.326. The molecule has 0 aliphatic rings. The first-order valence-corrected chi connectivity index (χ1v) is 7.26. The van der Waals surface area contributed by atoms with E-state index in [1.807, 2.05) is 0 Å². The zero-order valence-electron chi connectivity index (χ0n) is 14.1. The van der Waals surface area contributed by atoms with E-state index in [0.717, 1.165) is 0 Å². The molecule has 0 spiro atoms. The molecule has 142 valence electrons. The standard InChI is InChI=1S/3C6H5NO2.Eu/c3*8-6(9)5-2-1-3-7-4-5;/h3*1-4H,(H,8,9);/q;;;+3/p-3. The molecule has 0 bridgehead atoms. The molecule has 0 unspecified atom stereocenters. The topological polar surface area (TPSA) is 159 Å². The number of pyridine rings is 3. The van der Waals surface area contributed by atoms with Gasteiger partial charge in [0.2, 0.25) is 0 Å². The van der Waals surface area contributed by atoms with Gasteiger partial charge in [0.05, 0.1) is 17.9 Å². The van der Waals surface area contributed by atoms with Gasteiger partial charge in [-0.2, -0.15) is 0 Å². The van der Waals surface area contributed by atoms with Gasteiger partial charge < -0.3 is 29.7 Å². The molecular formula is C18H12EuN3O6. The summed E-state index contributed by atoms with van der Waals surface area (Å²) < 4.78 is 0. The normalized spacial score (nSPS) is 8.57. The maximum absolute atomic E-state index is 10.0. The van der Waals surface area contributed by atoms with Crippen molar-refractivity contribution in [3.05, 3.63) is 90.3 Å². The molecule has 0 fully saturated rings. The van der Waals surface area contributed by atoms with Crippen LogP contribution in [0.1, 0.15) is 31.1 Å². The molecule has 0 radical (unpaired) electrons. The SMILES string of the molecule is O=C([O-])c1cccnc1.O=C([O-])c1cccnc1.O=C([O-])c1cccnc1.[Eu+3]. The van der Waals surface area contributed by atoms with E-state index in [-0.39, 0.29) is 66.1 Å². The molecule has 0 amide bonds. The van der Waals surface area contributed by atoms with Crippen LogP contribution in [0.25, 0.3) is 0 Å². The Morgan fingerprint density at radius 1 is 0.571 bits per heavy atom. The van der Waals surface area contributed by atoms with Crippen LogP contribution in [-0.4, -0.2) is 32.9 Å². The molecule has 3 heterocycles. The van der Waals surface area contributed by atoms with Crippen LogP contribution in [0.4, 0.5) is 0 Å². The minimum absolute atomic E-state index is 0. The molecule has 10 heteroatoms. The second kappa shape index (κ2) is 14.5. The fraction of sp³-hybridized carbons (Fsp3) is 0. The predicted octanol–water partition coefficient (Wildman–Crippen LogP) is -1.66. The van der Waals surface area contributed by atoms with Crippen molar-refractivity contribution in [2.45, 2.75) is 0 Å². The maximum Gasteiger partial charge on any atom is 3.00 e. The summed E-state index contributed by atoms with van der Waals surface area (Å²) in [4.78, 5) is 40.9. The fourth-order valence-corrected chi connectivity index (χ4v) is 1.45. The smallest absolute Gasteiger partial charge is 0.545 e. The maximum atomic E-state index is 10.0. The average Bonchev–Trinajstić information content (AvgIpc) is 2.71. The van der Waals surface area contributed by atoms with Gasteiger partial charge in [0.1, 0.15) is 0 Å². The number of hydrogen-bond donors (Lipinski definition) is 0. The van der Waals surface area contributed by atoms with Crippen LogP contribution in [0.3, 0.4) is 0 Å². The van der Waals surface area contributed by atoms with Crippen molar-refractivity contribution in [2.75, 3.05) is 0 Å². The van der Waals surface area contributed by atoms with Crippen LogP contribution in [0.5, 0.6) is 0 Å². The van der Waals surface area contributed by atoms with E-state index in [1.54, 1.807) is 18.2 Å². The third kappa shape index (κ3) is 10.6. The van der Waals surface area contributed by atoms with Crippen molar-refractivity contribution in [3.63, 3.8) is 0 Å². The van der Waals surface area contributed by atoms with E-state index < -0.39 is 17.9 Å². The molecule has 0 saturated carbocycles. The molecule has 28 heavy (non-hydrogen) atoms. The van der Waals surface area contributed by atoms with Crippen molar-refractivity contribution < 1.29 is 79.1 Å².